The average molecular weight is 579 g/mol. The van der Waals surface area contributed by atoms with Crippen molar-refractivity contribution in [3.8, 4) is 5.75 Å². The van der Waals surface area contributed by atoms with Gasteiger partial charge in [-0.2, -0.15) is 0 Å². The molecule has 1 aromatic carbocycles. The molecule has 0 aliphatic heterocycles. The highest BCUT2D eigenvalue weighted by molar-refractivity contribution is 5.94. The molecule has 13 N–H and O–H groups in total. The van der Waals surface area contributed by atoms with Gasteiger partial charge in [0.1, 0.15) is 23.9 Å². The second kappa shape index (κ2) is 18.4. The summed E-state index contributed by atoms with van der Waals surface area (Å²) in [6.07, 6.45) is 2.44. The first kappa shape index (κ1) is 35.1. The number of rotatable bonds is 19. The summed E-state index contributed by atoms with van der Waals surface area (Å²) in [5.41, 5.74) is 23.0. The van der Waals surface area contributed by atoms with Gasteiger partial charge in [-0.15, -0.1) is 0 Å². The van der Waals surface area contributed by atoms with Crippen molar-refractivity contribution in [2.75, 3.05) is 13.1 Å². The minimum Gasteiger partial charge on any atom is -0.508 e. The molecule has 3 amide bonds. The maximum absolute atomic E-state index is 13.3. The predicted octanol–water partition coefficient (Wildman–Crippen LogP) is -0.970. The number of carbonyl (C=O) groups excluding carboxylic acids is 3. The molecule has 0 aliphatic carbocycles. The topological polar surface area (TPSA) is 261 Å². The van der Waals surface area contributed by atoms with E-state index < -0.39 is 47.9 Å². The standard InChI is InChI=1S/C27H46N8O6/c1-3-16(2)22(29)25(39)34-19(7-4-5-13-28)23(37)33-20(8-6-14-32-27(30)31)24(38)35-21(26(40)41)15-17-9-11-18(36)12-10-17/h9-12,16,19-22,36H,3-8,13-15,28-29H2,1-2H3,(H,33,37)(H,34,39)(H,35,38)(H,40,41)(H4,30,31,32). The van der Waals surface area contributed by atoms with Gasteiger partial charge >= 0.3 is 5.97 Å². The molecule has 0 fully saturated rings. The highest BCUT2D eigenvalue weighted by atomic mass is 16.4. The molecule has 0 radical (unpaired) electrons. The molecule has 1 aromatic rings. The summed E-state index contributed by atoms with van der Waals surface area (Å²) >= 11 is 0. The summed E-state index contributed by atoms with van der Waals surface area (Å²) in [7, 11) is 0. The summed E-state index contributed by atoms with van der Waals surface area (Å²) in [5, 5.41) is 27.1. The minimum atomic E-state index is -1.31. The number of nitrogens with two attached hydrogens (primary N) is 4. The van der Waals surface area contributed by atoms with Crippen molar-refractivity contribution in [3.63, 3.8) is 0 Å². The number of unbranched alkanes of at least 4 members (excludes halogenated alkanes) is 1. The number of phenols is 1. The van der Waals surface area contributed by atoms with Gasteiger partial charge in [-0.3, -0.25) is 19.4 Å². The zero-order valence-electron chi connectivity index (χ0n) is 23.8. The van der Waals surface area contributed by atoms with Crippen molar-refractivity contribution < 1.29 is 29.4 Å². The zero-order chi connectivity index (χ0) is 30.9. The van der Waals surface area contributed by atoms with E-state index >= 15 is 0 Å². The van der Waals surface area contributed by atoms with Crippen molar-refractivity contribution in [1.29, 1.82) is 0 Å². The second-order valence-electron chi connectivity index (χ2n) is 10.0. The number of nitrogens with one attached hydrogen (secondary N) is 3. The van der Waals surface area contributed by atoms with Crippen molar-refractivity contribution >= 4 is 29.7 Å². The van der Waals surface area contributed by atoms with Crippen LogP contribution in [-0.2, 0) is 25.6 Å². The Morgan fingerprint density at radius 3 is 1.93 bits per heavy atom. The van der Waals surface area contributed by atoms with Crippen LogP contribution in [0.25, 0.3) is 0 Å². The largest absolute Gasteiger partial charge is 0.508 e. The number of aliphatic imine (C=N–C) groups is 1. The molecule has 0 saturated carbocycles. The van der Waals surface area contributed by atoms with Crippen LogP contribution in [0.1, 0.15) is 57.9 Å². The summed E-state index contributed by atoms with van der Waals surface area (Å²) in [6, 6.07) is 1.66. The summed E-state index contributed by atoms with van der Waals surface area (Å²) in [5.74, 6) is -3.32. The number of aromatic hydroxyl groups is 1. The molecule has 5 unspecified atom stereocenters. The van der Waals surface area contributed by atoms with E-state index in [9.17, 15) is 29.4 Å². The Hall–Kier alpha value is -3.91. The number of carbonyl (C=O) groups is 4. The molecule has 1 rings (SSSR count). The molecule has 0 aromatic heterocycles. The highest BCUT2D eigenvalue weighted by Gasteiger charge is 2.31. The molecule has 0 saturated heterocycles. The number of phenolic OH excluding ortho intramolecular Hbond substituents is 1. The van der Waals surface area contributed by atoms with Gasteiger partial charge in [0.25, 0.3) is 0 Å². The Kier molecular flexibility index (Phi) is 15.8. The Bertz CT molecular complexity index is 1020. The van der Waals surface area contributed by atoms with Crippen molar-refractivity contribution in [1.82, 2.24) is 16.0 Å². The normalized spacial score (nSPS) is 14.5. The van der Waals surface area contributed by atoms with E-state index in [4.69, 9.17) is 22.9 Å². The first-order chi connectivity index (χ1) is 19.4. The molecule has 0 aliphatic rings. The summed E-state index contributed by atoms with van der Waals surface area (Å²) < 4.78 is 0. The number of hydrogen-bond acceptors (Lipinski definition) is 8. The average Bonchev–Trinajstić information content (AvgIpc) is 2.93. The van der Waals surface area contributed by atoms with E-state index in [0.717, 1.165) is 0 Å². The van der Waals surface area contributed by atoms with Gasteiger partial charge in [-0.05, 0) is 62.3 Å². The molecular weight excluding hydrogens is 532 g/mol. The van der Waals surface area contributed by atoms with Crippen LogP contribution in [0.5, 0.6) is 5.75 Å². The molecule has 0 bridgehead atoms. The number of nitrogens with zero attached hydrogens (tertiary/aromatic N) is 1. The van der Waals surface area contributed by atoms with Gasteiger partial charge in [-0.25, -0.2) is 4.79 Å². The number of hydrogen-bond donors (Lipinski definition) is 9. The number of benzene rings is 1. The second-order valence-corrected chi connectivity index (χ2v) is 10.0. The quantitative estimate of drug-likeness (QED) is 0.0551. The Labute approximate surface area is 240 Å². The summed E-state index contributed by atoms with van der Waals surface area (Å²) in [4.78, 5) is 55.2. The van der Waals surface area contributed by atoms with E-state index in [1.165, 1.54) is 12.1 Å². The third kappa shape index (κ3) is 13.3. The smallest absolute Gasteiger partial charge is 0.326 e. The Morgan fingerprint density at radius 1 is 0.878 bits per heavy atom. The lowest BCUT2D eigenvalue weighted by Gasteiger charge is -2.26. The van der Waals surface area contributed by atoms with E-state index in [1.54, 1.807) is 12.1 Å². The SMILES string of the molecule is CCC(C)C(N)C(=O)NC(CCCCN)C(=O)NC(CCCN=C(N)N)C(=O)NC(Cc1ccc(O)cc1)C(=O)O. The van der Waals surface area contributed by atoms with E-state index in [-0.39, 0.29) is 43.4 Å². The van der Waals surface area contributed by atoms with Crippen LogP contribution in [0.15, 0.2) is 29.3 Å². The van der Waals surface area contributed by atoms with Crippen LogP contribution < -0.4 is 38.9 Å². The van der Waals surface area contributed by atoms with Crippen LogP contribution >= 0.6 is 0 Å². The fraction of sp³-hybridized carbons (Fsp3) is 0.593. The fourth-order valence-corrected chi connectivity index (χ4v) is 3.93. The van der Waals surface area contributed by atoms with Gasteiger partial charge in [0.15, 0.2) is 5.96 Å². The Morgan fingerprint density at radius 2 is 1.41 bits per heavy atom. The lowest BCUT2D eigenvalue weighted by molar-refractivity contribution is -0.142. The van der Waals surface area contributed by atoms with Crippen LogP contribution in [0.2, 0.25) is 0 Å². The third-order valence-corrected chi connectivity index (χ3v) is 6.71. The highest BCUT2D eigenvalue weighted by Crippen LogP contribution is 2.12. The number of carboxylic acid groups (broad SMARTS) is 1. The molecule has 0 heterocycles. The minimum absolute atomic E-state index is 0.0198. The van der Waals surface area contributed by atoms with Crippen LogP contribution in [0.3, 0.4) is 0 Å². The first-order valence-corrected chi connectivity index (χ1v) is 13.8. The zero-order valence-corrected chi connectivity index (χ0v) is 23.8. The van der Waals surface area contributed by atoms with Crippen molar-refractivity contribution in [2.45, 2.75) is 83.0 Å². The lowest BCUT2D eigenvalue weighted by Crippen LogP contribution is -2.57. The maximum atomic E-state index is 13.3. The van der Waals surface area contributed by atoms with Crippen LogP contribution in [0, 0.1) is 5.92 Å². The lowest BCUT2D eigenvalue weighted by atomic mass is 9.98. The maximum Gasteiger partial charge on any atom is 0.326 e. The Balaban J connectivity index is 3.11. The summed E-state index contributed by atoms with van der Waals surface area (Å²) in [6.45, 7) is 4.32. The number of amides is 3. The van der Waals surface area contributed by atoms with Gasteiger partial charge < -0.3 is 49.1 Å². The van der Waals surface area contributed by atoms with Gasteiger partial charge in [0.2, 0.25) is 17.7 Å². The predicted molar refractivity (Wildman–Crippen MR) is 155 cm³/mol. The van der Waals surface area contributed by atoms with Gasteiger partial charge in [0.05, 0.1) is 6.04 Å². The number of guanidine groups is 1. The van der Waals surface area contributed by atoms with Gasteiger partial charge in [0, 0.05) is 13.0 Å². The molecule has 5 atom stereocenters. The number of carboxylic acids is 1. The van der Waals surface area contributed by atoms with E-state index in [0.29, 0.717) is 37.8 Å². The van der Waals surface area contributed by atoms with E-state index in [2.05, 4.69) is 20.9 Å². The molecule has 230 valence electrons. The fourth-order valence-electron chi connectivity index (χ4n) is 3.93. The van der Waals surface area contributed by atoms with Crippen LogP contribution in [0.4, 0.5) is 0 Å². The first-order valence-electron chi connectivity index (χ1n) is 13.8. The molecule has 0 spiro atoms. The molecule has 41 heavy (non-hydrogen) atoms. The molecular formula is C27H46N8O6. The molecule has 14 nitrogen and oxygen atoms in total. The third-order valence-electron chi connectivity index (χ3n) is 6.71. The number of aliphatic carboxylic acids is 1. The van der Waals surface area contributed by atoms with E-state index in [1.807, 2.05) is 13.8 Å². The molecule has 14 heteroatoms. The van der Waals surface area contributed by atoms with Gasteiger partial charge in [-0.1, -0.05) is 32.4 Å². The van der Waals surface area contributed by atoms with Crippen LogP contribution in [-0.4, -0.2) is 77.1 Å². The van der Waals surface area contributed by atoms with Crippen molar-refractivity contribution in [3.05, 3.63) is 29.8 Å². The monoisotopic (exact) mass is 578 g/mol. The van der Waals surface area contributed by atoms with Crippen molar-refractivity contribution in [2.24, 2.45) is 33.8 Å².